The lowest BCUT2D eigenvalue weighted by atomic mass is 9.82. The van der Waals surface area contributed by atoms with Crippen LogP contribution < -0.4 is 21.9 Å². The van der Waals surface area contributed by atoms with Gasteiger partial charge < -0.3 is 31.9 Å². The van der Waals surface area contributed by atoms with Gasteiger partial charge in [0.2, 0.25) is 37.8 Å². The minimum atomic E-state index is -3.80. The number of halogens is 9. The van der Waals surface area contributed by atoms with Crippen molar-refractivity contribution in [3.8, 4) is 0 Å². The molecule has 4 aromatic rings. The quantitative estimate of drug-likeness (QED) is 0.0537. The van der Waals surface area contributed by atoms with Crippen molar-refractivity contribution in [2.45, 2.75) is 176 Å². The summed E-state index contributed by atoms with van der Waals surface area (Å²) >= 11 is 0. The Kier molecular flexibility index (Phi) is 23.2. The maximum absolute atomic E-state index is 14.0. The molecule has 0 radical (unpaired) electrons. The molecule has 4 aromatic carbocycles. The Hall–Kier alpha value is -5.69. The maximum atomic E-state index is 14.0. The summed E-state index contributed by atoms with van der Waals surface area (Å²) in [7, 11) is -10.8. The van der Waals surface area contributed by atoms with Crippen LogP contribution in [0, 0.1) is 70.1 Å². The smallest absolute Gasteiger partial charge is 0.239 e. The van der Waals surface area contributed by atoms with Crippen molar-refractivity contribution in [3.63, 3.8) is 0 Å². The summed E-state index contributed by atoms with van der Waals surface area (Å²) in [5.74, 6) is -12.4. The Balaban J connectivity index is 0.000000166. The number of sulfonamides is 2. The van der Waals surface area contributed by atoms with E-state index in [2.05, 4.69) is 4.72 Å². The molecular formula is C64H81F9N8O9S3. The second-order valence-corrected chi connectivity index (χ2v) is 32.2. The summed E-state index contributed by atoms with van der Waals surface area (Å²) in [5.41, 5.74) is 19.8. The number of rotatable bonds is 19. The molecule has 3 unspecified atom stereocenters. The third kappa shape index (κ3) is 18.1. The van der Waals surface area contributed by atoms with Crippen LogP contribution in [0.4, 0.5) is 39.5 Å². The average Bonchev–Trinajstić information content (AvgIpc) is 1.75. The number of amides is 3. The highest BCUT2D eigenvalue weighted by molar-refractivity contribution is 7.91. The summed E-state index contributed by atoms with van der Waals surface area (Å²) in [6.45, 7) is 1.06. The van der Waals surface area contributed by atoms with Gasteiger partial charge in [0.05, 0.1) is 0 Å². The third-order valence-electron chi connectivity index (χ3n) is 19.7. The number of sulfone groups is 1. The van der Waals surface area contributed by atoms with Gasteiger partial charge in [-0.2, -0.15) is 0 Å². The Morgan fingerprint density at radius 3 is 1.10 bits per heavy atom. The van der Waals surface area contributed by atoms with E-state index < -0.39 is 124 Å². The molecule has 12 atom stereocenters. The Morgan fingerprint density at radius 2 is 0.763 bits per heavy atom. The van der Waals surface area contributed by atoms with E-state index in [9.17, 15) is 79.2 Å². The molecule has 93 heavy (non-hydrogen) atoms. The largest absolute Gasteiger partial charge is 0.336 e. The Labute approximate surface area is 537 Å². The number of nitrogens with two attached hydrogens (primary N) is 3. The molecule has 0 aromatic heterocycles. The van der Waals surface area contributed by atoms with Crippen LogP contribution >= 0.6 is 0 Å². The van der Waals surface area contributed by atoms with E-state index in [0.29, 0.717) is 69.8 Å². The number of carbonyl (C=O) groups is 3. The molecule has 7 fully saturated rings. The summed E-state index contributed by atoms with van der Waals surface area (Å²) in [6, 6.07) is 11.1. The van der Waals surface area contributed by atoms with E-state index in [0.717, 1.165) is 87.8 Å². The van der Waals surface area contributed by atoms with Gasteiger partial charge in [-0.05, 0) is 167 Å². The normalized spacial score (nSPS) is 25.6. The fraction of sp³-hybridized carbons (Fsp3) is 0.578. The summed E-state index contributed by atoms with van der Waals surface area (Å²) in [6.07, 6.45) is 12.0. The first-order valence-corrected chi connectivity index (χ1v) is 36.9. The molecule has 17 nitrogen and oxygen atoms in total. The van der Waals surface area contributed by atoms with Crippen molar-refractivity contribution in [2.75, 3.05) is 36.6 Å². The van der Waals surface area contributed by atoms with Crippen molar-refractivity contribution < 1.29 is 79.2 Å². The summed E-state index contributed by atoms with van der Waals surface area (Å²) in [5, 5.41) is 0. The summed E-state index contributed by atoms with van der Waals surface area (Å²) < 4.78 is 199. The minimum absolute atomic E-state index is 0.00250. The highest BCUT2D eigenvalue weighted by Gasteiger charge is 2.48. The molecule has 7 saturated heterocycles. The van der Waals surface area contributed by atoms with Crippen LogP contribution in [-0.2, 0) is 70.1 Å². The highest BCUT2D eigenvalue weighted by Crippen LogP contribution is 2.43. The average molecular weight is 1370 g/mol. The number of benzene rings is 4. The first kappa shape index (κ1) is 71.6. The van der Waals surface area contributed by atoms with E-state index in [1.165, 1.54) is 4.31 Å². The molecule has 0 aliphatic carbocycles. The number of hydrogen-bond donors (Lipinski definition) is 4. The van der Waals surface area contributed by atoms with Gasteiger partial charge in [0.25, 0.3) is 0 Å². The predicted octanol–water partition coefficient (Wildman–Crippen LogP) is 7.21. The topological polar surface area (TPSA) is 257 Å². The number of piperidine rings is 4. The Bertz CT molecular complexity index is 3670. The van der Waals surface area contributed by atoms with E-state index >= 15 is 0 Å². The lowest BCUT2D eigenvalue weighted by Gasteiger charge is -2.41. The van der Waals surface area contributed by atoms with Gasteiger partial charge in [-0.15, -0.1) is 0 Å². The van der Waals surface area contributed by atoms with Crippen LogP contribution in [-0.4, -0.2) is 153 Å². The monoisotopic (exact) mass is 1370 g/mol. The zero-order valence-corrected chi connectivity index (χ0v) is 54.0. The van der Waals surface area contributed by atoms with Crippen molar-refractivity contribution >= 4 is 47.6 Å². The number of carbonyl (C=O) groups excluding carboxylic acids is 3. The molecule has 512 valence electrons. The molecule has 7 heterocycles. The van der Waals surface area contributed by atoms with Gasteiger partial charge in [-0.1, -0.05) is 36.8 Å². The molecule has 7 aliphatic heterocycles. The van der Waals surface area contributed by atoms with Crippen molar-refractivity contribution in [3.05, 3.63) is 141 Å². The zero-order chi connectivity index (χ0) is 67.4. The lowest BCUT2D eigenvalue weighted by Crippen LogP contribution is -2.52. The Morgan fingerprint density at radius 1 is 0.452 bits per heavy atom. The van der Waals surface area contributed by atoms with Crippen LogP contribution in [0.5, 0.6) is 0 Å². The van der Waals surface area contributed by atoms with Crippen LogP contribution in [0.25, 0.3) is 0 Å². The van der Waals surface area contributed by atoms with E-state index in [1.54, 1.807) is 26.8 Å². The van der Waals surface area contributed by atoms with Crippen molar-refractivity contribution in [1.29, 1.82) is 0 Å². The first-order valence-electron chi connectivity index (χ1n) is 31.6. The maximum Gasteiger partial charge on any atom is 0.239 e. The van der Waals surface area contributed by atoms with Crippen molar-refractivity contribution in [2.24, 2.45) is 35.0 Å². The number of nitrogens with one attached hydrogen (secondary N) is 1. The molecule has 0 saturated carbocycles. The molecular weight excluding hydrogens is 1290 g/mol. The van der Waals surface area contributed by atoms with Crippen LogP contribution in [0.15, 0.2) is 66.7 Å². The zero-order valence-electron chi connectivity index (χ0n) is 51.6. The van der Waals surface area contributed by atoms with Gasteiger partial charge in [-0.3, -0.25) is 14.4 Å². The molecule has 7 N–H and O–H groups in total. The summed E-state index contributed by atoms with van der Waals surface area (Å²) in [4.78, 5) is 43.3. The van der Waals surface area contributed by atoms with Gasteiger partial charge in [-0.25, -0.2) is 73.8 Å². The molecule has 6 bridgehead atoms. The van der Waals surface area contributed by atoms with E-state index in [4.69, 9.17) is 17.2 Å². The molecule has 3 amide bonds. The van der Waals surface area contributed by atoms with Gasteiger partial charge >= 0.3 is 0 Å². The second kappa shape index (κ2) is 30.2. The fourth-order valence-corrected chi connectivity index (χ4v) is 18.2. The van der Waals surface area contributed by atoms with Gasteiger partial charge in [0.1, 0.15) is 34.7 Å². The highest BCUT2D eigenvalue weighted by atomic mass is 32.2. The predicted molar refractivity (Wildman–Crippen MR) is 329 cm³/mol. The third-order valence-corrected chi connectivity index (χ3v) is 23.4. The SMILES string of the molecule is CS(=O)(=O)CC(=O)N1[C@@H]2CC[C@H]1CC([C@H](N)Cc1cc(F)c(F)cc1F)C2.N[C@H](Cc1cc(F)c(F)cc1F)C1C[C@H]2CC[C@@H](C1)N2C(=O)CS(=O)(=O)N1CCCCC1.N[C@H](Cc1cc(F)c(F)cc1F)C1C[C@H]2CC[C@@H](C1)N2C(=O)CS(=O)(=O)NCc1ccccc1. The first-order chi connectivity index (χ1) is 43.8. The van der Waals surface area contributed by atoms with Gasteiger partial charge in [0, 0.05) is 98.5 Å². The standard InChI is InChI=1S/C24H28F3N3O3S.C22H30F3N3O3S.C18H23F3N2O3S/c25-20-12-22(27)21(26)10-16(20)11-23(28)17-8-18-6-7-19(9-17)30(18)24(31)14-34(32,33)29-13-15-4-2-1-3-5-15;23-18-12-20(25)19(24)10-14(18)11-21(26)15-8-16-4-5-17(9-15)28(16)22(29)13-32(30,31)27-6-2-1-3-7-27;1-27(25,26)9-18(24)23-12-2-3-13(23)5-11(4-12)17(22)7-10-6-15(20)16(21)8-14(10)19/h1-5,10,12,17-19,23,29H,6-9,11,13-14,28H2;10,12,15-17,21H,1-9,11,13,26H2;6,8,11-13,17H,2-5,7,9,22H2,1H3/t17?,18-,19+,23-;15?,16-,17+,21-;11?,12-,13+,17-/m111/s1. The number of hydrogen-bond acceptors (Lipinski definition) is 12. The van der Waals surface area contributed by atoms with Gasteiger partial charge in [0.15, 0.2) is 44.7 Å². The molecule has 11 rings (SSSR count). The second-order valence-electron chi connectivity index (χ2n) is 26.3. The van der Waals surface area contributed by atoms with E-state index in [1.807, 2.05) is 18.2 Å². The van der Waals surface area contributed by atoms with Crippen LogP contribution in [0.2, 0.25) is 0 Å². The number of nitrogens with zero attached hydrogens (tertiary/aromatic N) is 4. The van der Waals surface area contributed by atoms with Crippen LogP contribution in [0.3, 0.4) is 0 Å². The molecule has 29 heteroatoms. The van der Waals surface area contributed by atoms with Crippen LogP contribution in [0.1, 0.15) is 119 Å². The molecule has 7 aliphatic rings. The lowest BCUT2D eigenvalue weighted by molar-refractivity contribution is -0.134. The van der Waals surface area contributed by atoms with E-state index in [-0.39, 0.29) is 108 Å². The molecule has 0 spiro atoms. The fourth-order valence-electron chi connectivity index (χ4n) is 15.2. The number of fused-ring (bicyclic) bond motifs is 6. The van der Waals surface area contributed by atoms with Crippen molar-refractivity contribution in [1.82, 2.24) is 23.7 Å². The minimum Gasteiger partial charge on any atom is -0.336 e.